The first-order valence-electron chi connectivity index (χ1n) is 7.23. The van der Waals surface area contributed by atoms with Gasteiger partial charge < -0.3 is 10.1 Å². The lowest BCUT2D eigenvalue weighted by Gasteiger charge is -2.22. The van der Waals surface area contributed by atoms with Crippen LogP contribution in [0.2, 0.25) is 0 Å². The molecule has 0 aliphatic carbocycles. The van der Waals surface area contributed by atoms with Gasteiger partial charge in [0.15, 0.2) is 0 Å². The minimum absolute atomic E-state index is 0.642. The van der Waals surface area contributed by atoms with Crippen molar-refractivity contribution in [3.63, 3.8) is 0 Å². The molecule has 1 N–H and O–H groups in total. The van der Waals surface area contributed by atoms with E-state index < -0.39 is 0 Å². The summed E-state index contributed by atoms with van der Waals surface area (Å²) in [4.78, 5) is 0. The third-order valence-electron chi connectivity index (χ3n) is 4.01. The summed E-state index contributed by atoms with van der Waals surface area (Å²) in [5.41, 5.74) is 1.41. The maximum absolute atomic E-state index is 5.89. The topological polar surface area (TPSA) is 21.3 Å². The molecule has 1 aliphatic heterocycles. The molecule has 0 saturated carbocycles. The van der Waals surface area contributed by atoms with Crippen LogP contribution >= 0.6 is 0 Å². The zero-order valence-electron chi connectivity index (χ0n) is 11.6. The van der Waals surface area contributed by atoms with Crippen LogP contribution in [0.15, 0.2) is 24.3 Å². The molecular weight excluding hydrogens is 222 g/mol. The Bertz CT molecular complexity index is 341. The molecule has 1 aliphatic rings. The van der Waals surface area contributed by atoms with Crippen LogP contribution in [0, 0.1) is 5.92 Å². The smallest absolute Gasteiger partial charge is 0.119 e. The number of hydrogen-bond acceptors (Lipinski definition) is 2. The zero-order valence-corrected chi connectivity index (χ0v) is 11.6. The Hall–Kier alpha value is -1.02. The molecular formula is C16H25NO. The summed E-state index contributed by atoms with van der Waals surface area (Å²) in [6.07, 6.45) is 3.67. The lowest BCUT2D eigenvalue weighted by Crippen LogP contribution is -2.30. The molecule has 0 spiro atoms. The van der Waals surface area contributed by atoms with Crippen molar-refractivity contribution < 1.29 is 4.74 Å². The molecule has 1 aromatic carbocycles. The summed E-state index contributed by atoms with van der Waals surface area (Å²) >= 11 is 0. The van der Waals surface area contributed by atoms with Gasteiger partial charge in [0.05, 0.1) is 6.61 Å². The fourth-order valence-electron chi connectivity index (χ4n) is 2.39. The van der Waals surface area contributed by atoms with E-state index in [0.717, 1.165) is 31.4 Å². The second-order valence-corrected chi connectivity index (χ2v) is 5.38. The standard InChI is InChI=1S/C16H25NO/c1-3-13(2)15-4-6-16(7-5-15)18-12-14-8-10-17-11-9-14/h4-7,13-14,17H,3,8-12H2,1-2H3/t13-/m0/s1. The summed E-state index contributed by atoms with van der Waals surface area (Å²) < 4.78 is 5.89. The highest BCUT2D eigenvalue weighted by Crippen LogP contribution is 2.22. The Morgan fingerprint density at radius 2 is 1.89 bits per heavy atom. The molecule has 18 heavy (non-hydrogen) atoms. The van der Waals surface area contributed by atoms with Crippen molar-refractivity contribution in [2.75, 3.05) is 19.7 Å². The molecule has 1 fully saturated rings. The van der Waals surface area contributed by atoms with E-state index in [4.69, 9.17) is 4.74 Å². The molecule has 0 aromatic heterocycles. The molecule has 1 atom stereocenters. The highest BCUT2D eigenvalue weighted by atomic mass is 16.5. The minimum atomic E-state index is 0.642. The molecule has 0 unspecified atom stereocenters. The van der Waals surface area contributed by atoms with Crippen molar-refractivity contribution in [1.29, 1.82) is 0 Å². The maximum atomic E-state index is 5.89. The average molecular weight is 247 g/mol. The lowest BCUT2D eigenvalue weighted by molar-refractivity contribution is 0.215. The normalized spacial score (nSPS) is 18.6. The fraction of sp³-hybridized carbons (Fsp3) is 0.625. The Morgan fingerprint density at radius 3 is 2.50 bits per heavy atom. The van der Waals surface area contributed by atoms with Crippen LogP contribution in [0.25, 0.3) is 0 Å². The van der Waals surface area contributed by atoms with Crippen LogP contribution < -0.4 is 10.1 Å². The number of hydrogen-bond donors (Lipinski definition) is 1. The van der Waals surface area contributed by atoms with Crippen molar-refractivity contribution in [3.05, 3.63) is 29.8 Å². The summed E-state index contributed by atoms with van der Waals surface area (Å²) in [6, 6.07) is 8.63. The van der Waals surface area contributed by atoms with E-state index in [-0.39, 0.29) is 0 Å². The number of benzene rings is 1. The quantitative estimate of drug-likeness (QED) is 0.858. The highest BCUT2D eigenvalue weighted by Gasteiger charge is 2.13. The summed E-state index contributed by atoms with van der Waals surface area (Å²) in [5.74, 6) is 2.38. The molecule has 2 heteroatoms. The number of piperidine rings is 1. The number of ether oxygens (including phenoxy) is 1. The van der Waals surface area contributed by atoms with Gasteiger partial charge in [-0.2, -0.15) is 0 Å². The predicted octanol–water partition coefficient (Wildman–Crippen LogP) is 3.58. The molecule has 100 valence electrons. The van der Waals surface area contributed by atoms with Crippen LogP contribution in [-0.4, -0.2) is 19.7 Å². The monoisotopic (exact) mass is 247 g/mol. The van der Waals surface area contributed by atoms with Gasteiger partial charge in [-0.1, -0.05) is 26.0 Å². The summed E-state index contributed by atoms with van der Waals surface area (Å²) in [5, 5.41) is 3.38. The Morgan fingerprint density at radius 1 is 1.22 bits per heavy atom. The van der Waals surface area contributed by atoms with Gasteiger partial charge in [0.1, 0.15) is 5.75 Å². The van der Waals surface area contributed by atoms with Crippen LogP contribution in [0.5, 0.6) is 5.75 Å². The van der Waals surface area contributed by atoms with Gasteiger partial charge >= 0.3 is 0 Å². The first-order valence-corrected chi connectivity index (χ1v) is 7.23. The molecule has 0 amide bonds. The number of nitrogens with one attached hydrogen (secondary N) is 1. The van der Waals surface area contributed by atoms with Gasteiger partial charge in [-0.05, 0) is 61.9 Å². The molecule has 1 aromatic rings. The van der Waals surface area contributed by atoms with Crippen molar-refractivity contribution in [2.24, 2.45) is 5.92 Å². The van der Waals surface area contributed by atoms with Gasteiger partial charge in [-0.25, -0.2) is 0 Å². The predicted molar refractivity (Wildman–Crippen MR) is 76.2 cm³/mol. The number of rotatable bonds is 5. The van der Waals surface area contributed by atoms with Crippen LogP contribution in [-0.2, 0) is 0 Å². The summed E-state index contributed by atoms with van der Waals surface area (Å²) in [6.45, 7) is 7.64. The van der Waals surface area contributed by atoms with Gasteiger partial charge in [-0.3, -0.25) is 0 Å². The third-order valence-corrected chi connectivity index (χ3v) is 4.01. The van der Waals surface area contributed by atoms with E-state index in [1.807, 2.05) is 0 Å². The zero-order chi connectivity index (χ0) is 12.8. The van der Waals surface area contributed by atoms with E-state index in [1.54, 1.807) is 0 Å². The van der Waals surface area contributed by atoms with Gasteiger partial charge in [0.2, 0.25) is 0 Å². The minimum Gasteiger partial charge on any atom is -0.493 e. The Kier molecular flexibility index (Phi) is 5.06. The van der Waals surface area contributed by atoms with Crippen LogP contribution in [0.4, 0.5) is 0 Å². The van der Waals surface area contributed by atoms with Gasteiger partial charge in [0, 0.05) is 0 Å². The SMILES string of the molecule is CC[C@H](C)c1ccc(OCC2CCNCC2)cc1. The first-order chi connectivity index (χ1) is 8.79. The molecule has 1 saturated heterocycles. The van der Waals surface area contributed by atoms with E-state index in [1.165, 1.54) is 24.8 Å². The summed E-state index contributed by atoms with van der Waals surface area (Å²) in [7, 11) is 0. The Labute approximate surface area is 111 Å². The second-order valence-electron chi connectivity index (χ2n) is 5.38. The van der Waals surface area contributed by atoms with E-state index >= 15 is 0 Å². The fourth-order valence-corrected chi connectivity index (χ4v) is 2.39. The van der Waals surface area contributed by atoms with Crippen molar-refractivity contribution in [3.8, 4) is 5.75 Å². The lowest BCUT2D eigenvalue weighted by atomic mass is 9.98. The molecule has 0 radical (unpaired) electrons. The largest absolute Gasteiger partial charge is 0.493 e. The van der Waals surface area contributed by atoms with Crippen molar-refractivity contribution in [2.45, 2.75) is 39.0 Å². The molecule has 0 bridgehead atoms. The first kappa shape index (κ1) is 13.4. The highest BCUT2D eigenvalue weighted by molar-refractivity contribution is 5.29. The second kappa shape index (κ2) is 6.79. The van der Waals surface area contributed by atoms with Crippen molar-refractivity contribution >= 4 is 0 Å². The van der Waals surface area contributed by atoms with Crippen molar-refractivity contribution in [1.82, 2.24) is 5.32 Å². The molecule has 2 rings (SSSR count). The third kappa shape index (κ3) is 3.74. The Balaban J connectivity index is 1.82. The molecule has 2 nitrogen and oxygen atoms in total. The maximum Gasteiger partial charge on any atom is 0.119 e. The van der Waals surface area contributed by atoms with Crippen LogP contribution in [0.1, 0.15) is 44.6 Å². The van der Waals surface area contributed by atoms with E-state index in [9.17, 15) is 0 Å². The van der Waals surface area contributed by atoms with Gasteiger partial charge in [0.25, 0.3) is 0 Å². The molecule has 1 heterocycles. The van der Waals surface area contributed by atoms with Crippen LogP contribution in [0.3, 0.4) is 0 Å². The average Bonchev–Trinajstić information content (AvgIpc) is 2.46. The van der Waals surface area contributed by atoms with E-state index in [0.29, 0.717) is 5.92 Å². The van der Waals surface area contributed by atoms with E-state index in [2.05, 4.69) is 43.4 Å². The van der Waals surface area contributed by atoms with Gasteiger partial charge in [-0.15, -0.1) is 0 Å².